The van der Waals surface area contributed by atoms with Crippen molar-refractivity contribution in [1.82, 2.24) is 36.1 Å². The Morgan fingerprint density at radius 1 is 0.979 bits per heavy atom. The highest BCUT2D eigenvalue weighted by Gasteiger charge is 2.52. The number of ketones is 1. The van der Waals surface area contributed by atoms with E-state index in [1.165, 1.54) is 23.5 Å². The van der Waals surface area contributed by atoms with E-state index in [-0.39, 0.29) is 36.0 Å². The number of rotatable bonds is 13. The van der Waals surface area contributed by atoms with Gasteiger partial charge in [0.05, 0.1) is 6.20 Å². The number of Topliss-reactive ketones (excluding diaryl/α,β-unsaturated/α-hetero) is 1. The number of aromatic nitrogens is 2. The summed E-state index contributed by atoms with van der Waals surface area (Å²) in [5.74, 6) is -5.46. The first-order valence-electron chi connectivity index (χ1n) is 16.2. The van der Waals surface area contributed by atoms with Crippen LogP contribution in [0.5, 0.6) is 0 Å². The number of nitrogens with one attached hydrogen (secondary N) is 4. The van der Waals surface area contributed by atoms with Gasteiger partial charge in [-0.3, -0.25) is 33.8 Å². The van der Waals surface area contributed by atoms with Gasteiger partial charge >= 0.3 is 0 Å². The van der Waals surface area contributed by atoms with Crippen LogP contribution in [0.4, 0.5) is 8.78 Å². The lowest BCUT2D eigenvalue weighted by molar-refractivity contribution is -0.146. The quantitative estimate of drug-likeness (QED) is 0.229. The van der Waals surface area contributed by atoms with Crippen molar-refractivity contribution in [3.63, 3.8) is 0 Å². The van der Waals surface area contributed by atoms with Crippen molar-refractivity contribution in [2.24, 2.45) is 23.2 Å². The Kier molecular flexibility index (Phi) is 11.3. The van der Waals surface area contributed by atoms with Crippen LogP contribution in [0.1, 0.15) is 83.6 Å². The first-order chi connectivity index (χ1) is 22.1. The van der Waals surface area contributed by atoms with Crippen molar-refractivity contribution < 1.29 is 37.5 Å². The number of hydrogen-bond donors (Lipinski definition) is 4. The van der Waals surface area contributed by atoms with Crippen LogP contribution in [0, 0.1) is 23.2 Å². The molecule has 1 saturated heterocycles. The second-order valence-electron chi connectivity index (χ2n) is 14.2. The molecule has 2 aliphatic carbocycles. The number of halogens is 2. The smallest absolute Gasteiger partial charge is 0.289 e. The normalized spacial score (nSPS) is 22.7. The predicted molar refractivity (Wildman–Crippen MR) is 165 cm³/mol. The SMILES string of the molecule is CC(C)[C@H](NC(=O)c1cnccn1)C(=O)N[C@H](C(=O)N1C[C@@H]2CCC[C@@H]2[C@H]1C(=O)N[C@H](CC(F)F)C(=O)C(=O)NC1CC1)C(C)(C)C. The lowest BCUT2D eigenvalue weighted by atomic mass is 9.85. The Labute approximate surface area is 272 Å². The second-order valence-corrected chi connectivity index (χ2v) is 14.2. The van der Waals surface area contributed by atoms with Crippen LogP contribution in [0.25, 0.3) is 0 Å². The molecule has 13 nitrogen and oxygen atoms in total. The summed E-state index contributed by atoms with van der Waals surface area (Å²) in [5, 5.41) is 10.3. The molecule has 4 rings (SSSR count). The minimum Gasteiger partial charge on any atom is -0.347 e. The van der Waals surface area contributed by atoms with Gasteiger partial charge in [0.1, 0.15) is 29.9 Å². The third-order valence-electron chi connectivity index (χ3n) is 9.06. The minimum absolute atomic E-state index is 0.0144. The van der Waals surface area contributed by atoms with Crippen molar-refractivity contribution in [2.75, 3.05) is 6.54 Å². The van der Waals surface area contributed by atoms with E-state index < -0.39 is 77.7 Å². The van der Waals surface area contributed by atoms with E-state index in [9.17, 15) is 37.5 Å². The van der Waals surface area contributed by atoms with Gasteiger partial charge in [0.25, 0.3) is 11.8 Å². The van der Waals surface area contributed by atoms with Gasteiger partial charge in [-0.25, -0.2) is 13.8 Å². The first kappa shape index (κ1) is 35.8. The molecule has 0 unspecified atom stereocenters. The van der Waals surface area contributed by atoms with Gasteiger partial charge in [0, 0.05) is 31.4 Å². The highest BCUT2D eigenvalue weighted by molar-refractivity contribution is 6.38. The lowest BCUT2D eigenvalue weighted by Crippen LogP contribution is -2.62. The van der Waals surface area contributed by atoms with Crippen LogP contribution in [-0.4, -0.2) is 93.4 Å². The molecule has 4 N–H and O–H groups in total. The summed E-state index contributed by atoms with van der Waals surface area (Å²) in [6.45, 7) is 8.93. The Morgan fingerprint density at radius 2 is 1.68 bits per heavy atom. The molecule has 1 aromatic heterocycles. The molecule has 5 amide bonds. The molecule has 0 aromatic carbocycles. The molecule has 0 bridgehead atoms. The minimum atomic E-state index is -2.97. The van der Waals surface area contributed by atoms with Crippen LogP contribution in [0.15, 0.2) is 18.6 Å². The van der Waals surface area contributed by atoms with E-state index in [0.717, 1.165) is 12.8 Å². The molecule has 47 heavy (non-hydrogen) atoms. The number of amides is 5. The second kappa shape index (κ2) is 14.8. The van der Waals surface area contributed by atoms with E-state index in [0.29, 0.717) is 19.3 Å². The Hall–Kier alpha value is -4.04. The Bertz CT molecular complexity index is 1350. The van der Waals surface area contributed by atoms with Crippen molar-refractivity contribution in [3.05, 3.63) is 24.3 Å². The molecule has 6 atom stereocenters. The standard InChI is InChI=1S/C32H45F2N7O6/c1-16(2)23(39-27(43)21-14-35-11-12-36-21)28(44)40-26(32(3,4)5)31(47)41-15-17-7-6-8-19(17)24(41)29(45)38-20(13-22(33)34)25(42)30(46)37-18-9-10-18/h11-12,14,16-20,22-24,26H,6-10,13,15H2,1-5H3,(H,37,46)(H,38,45)(H,39,43)(H,40,44)/t17-,19-,20+,23-,24-,26+/m0/s1. The Balaban J connectivity index is 1.54. The van der Waals surface area contributed by atoms with E-state index in [1.807, 2.05) is 0 Å². The van der Waals surface area contributed by atoms with Crippen LogP contribution in [-0.2, 0) is 24.0 Å². The number of carbonyl (C=O) groups excluding carboxylic acids is 6. The van der Waals surface area contributed by atoms with Crippen molar-refractivity contribution in [2.45, 2.75) is 110 Å². The lowest BCUT2D eigenvalue weighted by Gasteiger charge is -2.37. The fourth-order valence-electron chi connectivity index (χ4n) is 6.39. The summed E-state index contributed by atoms with van der Waals surface area (Å²) in [7, 11) is 0. The average molecular weight is 662 g/mol. The first-order valence-corrected chi connectivity index (χ1v) is 16.2. The monoisotopic (exact) mass is 661 g/mol. The van der Waals surface area contributed by atoms with Gasteiger partial charge < -0.3 is 26.2 Å². The number of carbonyl (C=O) groups is 6. The fourth-order valence-corrected chi connectivity index (χ4v) is 6.39. The van der Waals surface area contributed by atoms with Crippen molar-refractivity contribution in [1.29, 1.82) is 0 Å². The number of likely N-dealkylation sites (tertiary alicyclic amines) is 1. The van der Waals surface area contributed by atoms with Crippen LogP contribution < -0.4 is 21.3 Å². The molecule has 15 heteroatoms. The highest BCUT2D eigenvalue weighted by atomic mass is 19.3. The van der Waals surface area contributed by atoms with Gasteiger partial charge in [0.2, 0.25) is 29.9 Å². The molecule has 0 radical (unpaired) electrons. The molecule has 1 aromatic rings. The summed E-state index contributed by atoms with van der Waals surface area (Å²) < 4.78 is 27.0. The number of hydrogen-bond acceptors (Lipinski definition) is 8. The summed E-state index contributed by atoms with van der Waals surface area (Å²) in [4.78, 5) is 89.1. The topological polar surface area (TPSA) is 180 Å². The molecule has 0 spiro atoms. The van der Waals surface area contributed by atoms with Crippen molar-refractivity contribution >= 4 is 35.3 Å². The highest BCUT2D eigenvalue weighted by Crippen LogP contribution is 2.43. The maximum absolute atomic E-state index is 14.3. The summed E-state index contributed by atoms with van der Waals surface area (Å²) in [5.41, 5.74) is -0.836. The van der Waals surface area contributed by atoms with Crippen LogP contribution in [0.3, 0.4) is 0 Å². The van der Waals surface area contributed by atoms with E-state index in [4.69, 9.17) is 0 Å². The van der Waals surface area contributed by atoms with Gasteiger partial charge in [0.15, 0.2) is 0 Å². The number of fused-ring (bicyclic) bond motifs is 1. The Morgan fingerprint density at radius 3 is 2.26 bits per heavy atom. The van der Waals surface area contributed by atoms with Gasteiger partial charge in [-0.2, -0.15) is 0 Å². The molecular formula is C32H45F2N7O6. The molecule has 2 saturated carbocycles. The molecule has 3 fully saturated rings. The molecule has 2 heterocycles. The number of nitrogens with zero attached hydrogens (tertiary/aromatic N) is 3. The average Bonchev–Trinajstić information content (AvgIpc) is 3.57. The van der Waals surface area contributed by atoms with E-state index in [2.05, 4.69) is 31.2 Å². The maximum atomic E-state index is 14.3. The molecular weight excluding hydrogens is 616 g/mol. The third-order valence-corrected chi connectivity index (χ3v) is 9.06. The predicted octanol–water partition coefficient (Wildman–Crippen LogP) is 1.38. The maximum Gasteiger partial charge on any atom is 0.289 e. The van der Waals surface area contributed by atoms with Gasteiger partial charge in [-0.15, -0.1) is 0 Å². The number of alkyl halides is 2. The zero-order valence-electron chi connectivity index (χ0n) is 27.4. The van der Waals surface area contributed by atoms with Crippen LogP contribution >= 0.6 is 0 Å². The van der Waals surface area contributed by atoms with E-state index in [1.54, 1.807) is 34.6 Å². The third kappa shape index (κ3) is 8.86. The summed E-state index contributed by atoms with van der Waals surface area (Å²) in [6, 6.07) is -5.21. The zero-order chi connectivity index (χ0) is 34.6. The van der Waals surface area contributed by atoms with Crippen molar-refractivity contribution in [3.8, 4) is 0 Å². The summed E-state index contributed by atoms with van der Waals surface area (Å²) >= 11 is 0. The molecule has 258 valence electrons. The molecule has 3 aliphatic rings. The zero-order valence-corrected chi connectivity index (χ0v) is 27.4. The van der Waals surface area contributed by atoms with Gasteiger partial charge in [-0.1, -0.05) is 41.0 Å². The van der Waals surface area contributed by atoms with E-state index >= 15 is 0 Å². The van der Waals surface area contributed by atoms with Crippen LogP contribution in [0.2, 0.25) is 0 Å². The fraction of sp³-hybridized carbons (Fsp3) is 0.688. The molecule has 1 aliphatic heterocycles. The van der Waals surface area contributed by atoms with Gasteiger partial charge in [-0.05, 0) is 48.9 Å². The largest absolute Gasteiger partial charge is 0.347 e. The summed E-state index contributed by atoms with van der Waals surface area (Å²) in [6.07, 6.45) is 3.54.